The van der Waals surface area contributed by atoms with Crippen molar-refractivity contribution in [3.63, 3.8) is 0 Å². The van der Waals surface area contributed by atoms with E-state index in [9.17, 15) is 0 Å². The summed E-state index contributed by atoms with van der Waals surface area (Å²) >= 11 is 0. The highest BCUT2D eigenvalue weighted by Crippen LogP contribution is 2.46. The third-order valence-electron chi connectivity index (χ3n) is 8.62. The first-order valence-electron chi connectivity index (χ1n) is 14.6. The zero-order valence-electron chi connectivity index (χ0n) is 23.9. The first kappa shape index (κ1) is 27.9. The van der Waals surface area contributed by atoms with Gasteiger partial charge in [-0.1, -0.05) is 69.8 Å². The second kappa shape index (κ2) is 13.6. The molecule has 2 heteroatoms. The zero-order chi connectivity index (χ0) is 26.9. The fourth-order valence-corrected chi connectivity index (χ4v) is 6.46. The summed E-state index contributed by atoms with van der Waals surface area (Å²) in [5.74, 6) is 3.49. The van der Waals surface area contributed by atoms with Gasteiger partial charge in [0, 0.05) is 24.7 Å². The summed E-state index contributed by atoms with van der Waals surface area (Å²) in [5, 5.41) is 2.66. The van der Waals surface area contributed by atoms with Crippen molar-refractivity contribution in [1.29, 1.82) is 0 Å². The molecule has 3 aromatic rings. The number of methoxy groups -OCH3 is 1. The van der Waals surface area contributed by atoms with E-state index in [2.05, 4.69) is 93.8 Å². The van der Waals surface area contributed by atoms with Gasteiger partial charge in [0.05, 0.1) is 12.9 Å². The summed E-state index contributed by atoms with van der Waals surface area (Å²) in [6.45, 7) is 11.1. The Morgan fingerprint density at radius 1 is 1.13 bits per heavy atom. The van der Waals surface area contributed by atoms with Gasteiger partial charge in [-0.15, -0.1) is 5.73 Å². The van der Waals surface area contributed by atoms with E-state index in [0.717, 1.165) is 37.9 Å². The highest BCUT2D eigenvalue weighted by Gasteiger charge is 2.35. The third kappa shape index (κ3) is 6.86. The minimum absolute atomic E-state index is 0.546. The Labute approximate surface area is 230 Å². The molecule has 0 radical (unpaired) electrons. The van der Waals surface area contributed by atoms with Gasteiger partial charge < -0.3 is 4.74 Å². The molecule has 200 valence electrons. The number of rotatable bonds is 11. The van der Waals surface area contributed by atoms with Crippen LogP contribution in [0.25, 0.3) is 10.8 Å². The maximum atomic E-state index is 5.40. The zero-order valence-corrected chi connectivity index (χ0v) is 23.9. The number of allylic oxidation sites excluding steroid dienone is 3. The first-order chi connectivity index (χ1) is 18.5. The van der Waals surface area contributed by atoms with Crippen molar-refractivity contribution in [1.82, 2.24) is 4.98 Å². The lowest BCUT2D eigenvalue weighted by Crippen LogP contribution is -2.29. The number of aromatic nitrogens is 1. The summed E-state index contributed by atoms with van der Waals surface area (Å²) < 4.78 is 5.40. The van der Waals surface area contributed by atoms with Gasteiger partial charge in [-0.3, -0.25) is 4.98 Å². The Morgan fingerprint density at radius 2 is 1.95 bits per heavy atom. The van der Waals surface area contributed by atoms with Crippen molar-refractivity contribution in [2.75, 3.05) is 7.11 Å². The van der Waals surface area contributed by atoms with Crippen LogP contribution in [-0.2, 0) is 17.6 Å². The third-order valence-corrected chi connectivity index (χ3v) is 8.62. The van der Waals surface area contributed by atoms with Crippen molar-refractivity contribution >= 4 is 10.8 Å². The topological polar surface area (TPSA) is 22.1 Å². The molecule has 0 N–H and O–H groups in total. The second-order valence-corrected chi connectivity index (χ2v) is 11.2. The van der Waals surface area contributed by atoms with Crippen molar-refractivity contribution in [2.45, 2.75) is 78.1 Å². The summed E-state index contributed by atoms with van der Waals surface area (Å²) in [4.78, 5) is 4.70. The molecule has 1 heterocycles. The number of aryl methyl sites for hydroxylation is 1. The van der Waals surface area contributed by atoms with Gasteiger partial charge in [-0.2, -0.15) is 0 Å². The van der Waals surface area contributed by atoms with Crippen molar-refractivity contribution in [3.8, 4) is 0 Å². The van der Waals surface area contributed by atoms with Crippen molar-refractivity contribution in [3.05, 3.63) is 107 Å². The largest absolute Gasteiger partial charge is 0.501 e. The minimum atomic E-state index is 0.546. The molecule has 1 aliphatic carbocycles. The smallest absolute Gasteiger partial charge is 0.0912 e. The Morgan fingerprint density at radius 3 is 2.71 bits per heavy atom. The van der Waals surface area contributed by atoms with Gasteiger partial charge in [-0.05, 0) is 108 Å². The van der Waals surface area contributed by atoms with E-state index in [4.69, 9.17) is 9.72 Å². The van der Waals surface area contributed by atoms with Gasteiger partial charge in [0.15, 0.2) is 0 Å². The van der Waals surface area contributed by atoms with E-state index < -0.39 is 0 Å². The minimum Gasteiger partial charge on any atom is -0.501 e. The van der Waals surface area contributed by atoms with E-state index >= 15 is 0 Å². The summed E-state index contributed by atoms with van der Waals surface area (Å²) in [6, 6.07) is 20.0. The Hall–Kier alpha value is -3.09. The fraction of sp³-hybridized carbons (Fsp3) is 0.444. The Balaban J connectivity index is 1.45. The number of unbranched alkanes of at least 4 members (excludes halogenated alkanes) is 1. The molecule has 2 aromatic carbocycles. The lowest BCUT2D eigenvalue weighted by molar-refractivity contribution is 0.187. The molecule has 38 heavy (non-hydrogen) atoms. The molecule has 0 bridgehead atoms. The number of benzene rings is 2. The highest BCUT2D eigenvalue weighted by atomic mass is 16.5. The van der Waals surface area contributed by atoms with Crippen molar-refractivity contribution < 1.29 is 4.74 Å². The molecule has 0 spiro atoms. The molecule has 1 fully saturated rings. The van der Waals surface area contributed by atoms with Crippen LogP contribution in [0.5, 0.6) is 0 Å². The molecule has 3 atom stereocenters. The number of hydrogen-bond donors (Lipinski definition) is 0. The average Bonchev–Trinajstić information content (AvgIpc) is 2.96. The maximum absolute atomic E-state index is 5.40. The molecule has 0 saturated heterocycles. The van der Waals surface area contributed by atoms with Crippen LogP contribution in [0.1, 0.15) is 82.0 Å². The van der Waals surface area contributed by atoms with E-state index in [1.54, 1.807) is 7.11 Å². The number of pyridine rings is 1. The van der Waals surface area contributed by atoms with E-state index in [1.807, 2.05) is 6.20 Å². The van der Waals surface area contributed by atoms with Crippen LogP contribution in [0.3, 0.4) is 0 Å². The second-order valence-electron chi connectivity index (χ2n) is 11.2. The Bertz CT molecular complexity index is 1270. The van der Waals surface area contributed by atoms with Crippen molar-refractivity contribution in [2.24, 2.45) is 17.8 Å². The van der Waals surface area contributed by atoms with Crippen LogP contribution < -0.4 is 0 Å². The van der Waals surface area contributed by atoms with Gasteiger partial charge in [0.1, 0.15) is 0 Å². The van der Waals surface area contributed by atoms with Crippen LogP contribution in [-0.4, -0.2) is 12.1 Å². The first-order valence-corrected chi connectivity index (χ1v) is 14.6. The predicted octanol–water partition coefficient (Wildman–Crippen LogP) is 9.61. The van der Waals surface area contributed by atoms with Gasteiger partial charge >= 0.3 is 0 Å². The van der Waals surface area contributed by atoms with Crippen LogP contribution in [0.15, 0.2) is 90.5 Å². The van der Waals surface area contributed by atoms with E-state index in [-0.39, 0.29) is 0 Å². The van der Waals surface area contributed by atoms with E-state index in [1.165, 1.54) is 52.4 Å². The average molecular weight is 508 g/mol. The Kier molecular flexibility index (Phi) is 10.0. The molecule has 0 amide bonds. The number of ether oxygens (including phenoxy) is 1. The summed E-state index contributed by atoms with van der Waals surface area (Å²) in [7, 11) is 1.76. The number of nitrogens with zero attached hydrogens (tertiary/aromatic N) is 1. The van der Waals surface area contributed by atoms with Gasteiger partial charge in [0.25, 0.3) is 0 Å². The molecule has 1 saturated carbocycles. The van der Waals surface area contributed by atoms with Crippen LogP contribution in [0, 0.1) is 17.8 Å². The predicted molar refractivity (Wildman–Crippen MR) is 161 cm³/mol. The summed E-state index contributed by atoms with van der Waals surface area (Å²) in [5.41, 5.74) is 8.90. The lowest BCUT2D eigenvalue weighted by Gasteiger charge is -2.40. The normalized spacial score (nSPS) is 19.9. The molecule has 4 rings (SSSR count). The molecule has 0 aliphatic heterocycles. The van der Waals surface area contributed by atoms with Crippen LogP contribution >= 0.6 is 0 Å². The molecule has 1 aromatic heterocycles. The molecule has 2 nitrogen and oxygen atoms in total. The summed E-state index contributed by atoms with van der Waals surface area (Å²) in [6.07, 6.45) is 13.0. The SMILES string of the molecule is C=C=C(Cc1cccc2ccccc12)C1CCC(c2ccnc(CCC/C=C(\CC)OC)c2)CC1C(C)C. The molecule has 3 unspecified atom stereocenters. The lowest BCUT2D eigenvalue weighted by atomic mass is 9.65. The molecular weight excluding hydrogens is 462 g/mol. The molecular formula is C36H45NO. The van der Waals surface area contributed by atoms with Crippen LogP contribution in [0.4, 0.5) is 0 Å². The standard InChI is InChI=1S/C36H45NO/c1-6-27(23-31-15-12-14-28-13-8-11-18-34(28)31)35-20-19-29(25-36(35)26(3)4)30-21-22-37-32(24-30)16-9-10-17-33(7-2)38-5/h8,11-15,17-18,21-22,24,26,29,35-36H,1,7,9-10,16,19-20,23,25H2,2-5H3/b33-17+. The van der Waals surface area contributed by atoms with Gasteiger partial charge in [0.2, 0.25) is 0 Å². The number of fused-ring (bicyclic) bond motifs is 1. The highest BCUT2D eigenvalue weighted by molar-refractivity contribution is 5.85. The fourth-order valence-electron chi connectivity index (χ4n) is 6.46. The molecule has 1 aliphatic rings. The number of hydrogen-bond acceptors (Lipinski definition) is 2. The quantitative estimate of drug-likeness (QED) is 0.146. The van der Waals surface area contributed by atoms with Crippen LogP contribution in [0.2, 0.25) is 0 Å². The monoisotopic (exact) mass is 507 g/mol. The van der Waals surface area contributed by atoms with E-state index in [0.29, 0.717) is 23.7 Å². The maximum Gasteiger partial charge on any atom is 0.0912 e. The van der Waals surface area contributed by atoms with Gasteiger partial charge in [-0.25, -0.2) is 0 Å².